The number of nitrogens with one attached hydrogen (secondary N) is 1. The number of hydrogen-bond donors (Lipinski definition) is 1. The third-order valence-corrected chi connectivity index (χ3v) is 1.61. The van der Waals surface area contributed by atoms with Gasteiger partial charge in [-0.2, -0.15) is 0 Å². The van der Waals surface area contributed by atoms with Crippen molar-refractivity contribution in [1.82, 2.24) is 15.3 Å². The number of rotatable bonds is 5. The predicted molar refractivity (Wildman–Crippen MR) is 50.9 cm³/mol. The Bertz CT molecular complexity index is 277. The van der Waals surface area contributed by atoms with Gasteiger partial charge in [-0.05, 0) is 6.42 Å². The first-order valence-electron chi connectivity index (χ1n) is 4.37. The number of carbonyl (C=O) groups excluding carboxylic acids is 1. The molecule has 0 fully saturated rings. The highest BCUT2D eigenvalue weighted by Crippen LogP contribution is 1.89. The van der Waals surface area contributed by atoms with Crippen molar-refractivity contribution >= 4 is 5.91 Å². The fraction of sp³-hybridized carbons (Fsp3) is 0.444. The molecular formula is C9H13N3O2. The molecule has 1 aromatic heterocycles. The molecule has 5 nitrogen and oxygen atoms in total. The maximum atomic E-state index is 11.4. The van der Waals surface area contributed by atoms with Gasteiger partial charge in [0.2, 0.25) is 0 Å². The van der Waals surface area contributed by atoms with Crippen LogP contribution < -0.4 is 5.32 Å². The van der Waals surface area contributed by atoms with E-state index in [1.807, 2.05) is 0 Å². The van der Waals surface area contributed by atoms with Crippen LogP contribution in [0.3, 0.4) is 0 Å². The number of amides is 1. The summed E-state index contributed by atoms with van der Waals surface area (Å²) in [4.78, 5) is 19.0. The van der Waals surface area contributed by atoms with Crippen LogP contribution in [0.4, 0.5) is 0 Å². The van der Waals surface area contributed by atoms with E-state index in [1.54, 1.807) is 7.11 Å². The van der Waals surface area contributed by atoms with E-state index in [2.05, 4.69) is 15.3 Å². The maximum absolute atomic E-state index is 11.4. The fourth-order valence-electron chi connectivity index (χ4n) is 0.925. The standard InChI is InChI=1S/C9H13N3O2/c1-14-6-2-3-12-9(13)8-7-10-4-5-11-8/h4-5,7H,2-3,6H2,1H3,(H,12,13). The van der Waals surface area contributed by atoms with E-state index in [9.17, 15) is 4.79 Å². The summed E-state index contributed by atoms with van der Waals surface area (Å²) in [7, 11) is 1.63. The minimum Gasteiger partial charge on any atom is -0.385 e. The zero-order valence-electron chi connectivity index (χ0n) is 8.06. The Balaban J connectivity index is 2.29. The van der Waals surface area contributed by atoms with Crippen molar-refractivity contribution in [2.24, 2.45) is 0 Å². The Morgan fingerprint density at radius 2 is 2.43 bits per heavy atom. The van der Waals surface area contributed by atoms with Crippen molar-refractivity contribution in [2.75, 3.05) is 20.3 Å². The summed E-state index contributed by atoms with van der Waals surface area (Å²) in [6, 6.07) is 0. The lowest BCUT2D eigenvalue weighted by Gasteiger charge is -2.02. The molecule has 0 saturated heterocycles. The average Bonchev–Trinajstić information content (AvgIpc) is 2.25. The molecule has 0 atom stereocenters. The summed E-state index contributed by atoms with van der Waals surface area (Å²) in [6.07, 6.45) is 5.25. The molecule has 5 heteroatoms. The van der Waals surface area contributed by atoms with Crippen LogP contribution in [0.25, 0.3) is 0 Å². The number of carbonyl (C=O) groups is 1. The third-order valence-electron chi connectivity index (χ3n) is 1.61. The number of hydrogen-bond acceptors (Lipinski definition) is 4. The Labute approximate surface area is 82.5 Å². The zero-order chi connectivity index (χ0) is 10.2. The van der Waals surface area contributed by atoms with E-state index in [0.717, 1.165) is 6.42 Å². The Morgan fingerprint density at radius 1 is 1.57 bits per heavy atom. The van der Waals surface area contributed by atoms with Crippen LogP contribution in [0.1, 0.15) is 16.9 Å². The van der Waals surface area contributed by atoms with Crippen LogP contribution in [0.5, 0.6) is 0 Å². The summed E-state index contributed by atoms with van der Waals surface area (Å²) in [5.74, 6) is -0.200. The molecule has 76 valence electrons. The van der Waals surface area contributed by atoms with E-state index in [1.165, 1.54) is 18.6 Å². The van der Waals surface area contributed by atoms with Gasteiger partial charge in [0.15, 0.2) is 0 Å². The first-order chi connectivity index (χ1) is 6.84. The van der Waals surface area contributed by atoms with Crippen molar-refractivity contribution in [2.45, 2.75) is 6.42 Å². The molecule has 0 unspecified atom stereocenters. The molecule has 0 aliphatic heterocycles. The maximum Gasteiger partial charge on any atom is 0.271 e. The van der Waals surface area contributed by atoms with E-state index in [4.69, 9.17) is 4.74 Å². The average molecular weight is 195 g/mol. The van der Waals surface area contributed by atoms with Gasteiger partial charge in [0, 0.05) is 32.7 Å². The first kappa shape index (κ1) is 10.6. The number of methoxy groups -OCH3 is 1. The summed E-state index contributed by atoms with van der Waals surface area (Å²) >= 11 is 0. The van der Waals surface area contributed by atoms with Gasteiger partial charge in [-0.25, -0.2) is 4.98 Å². The smallest absolute Gasteiger partial charge is 0.271 e. The van der Waals surface area contributed by atoms with Gasteiger partial charge in [0.25, 0.3) is 5.91 Å². The van der Waals surface area contributed by atoms with Crippen LogP contribution in [-0.2, 0) is 4.74 Å². The first-order valence-corrected chi connectivity index (χ1v) is 4.37. The Kier molecular flexibility index (Phi) is 4.57. The lowest BCUT2D eigenvalue weighted by molar-refractivity contribution is 0.0943. The molecule has 1 aromatic rings. The summed E-state index contributed by atoms with van der Waals surface area (Å²) < 4.78 is 4.85. The largest absolute Gasteiger partial charge is 0.385 e. The second-order valence-electron chi connectivity index (χ2n) is 2.69. The lowest BCUT2D eigenvalue weighted by Crippen LogP contribution is -2.26. The number of aromatic nitrogens is 2. The normalized spacial score (nSPS) is 9.79. The predicted octanol–water partition coefficient (Wildman–Crippen LogP) is 0.243. The van der Waals surface area contributed by atoms with Crippen molar-refractivity contribution in [1.29, 1.82) is 0 Å². The molecule has 1 rings (SSSR count). The topological polar surface area (TPSA) is 64.1 Å². The lowest BCUT2D eigenvalue weighted by atomic mass is 10.4. The van der Waals surface area contributed by atoms with Gasteiger partial charge >= 0.3 is 0 Å². The second-order valence-corrected chi connectivity index (χ2v) is 2.69. The van der Waals surface area contributed by atoms with E-state index < -0.39 is 0 Å². The number of nitrogens with zero attached hydrogens (tertiary/aromatic N) is 2. The quantitative estimate of drug-likeness (QED) is 0.684. The van der Waals surface area contributed by atoms with Crippen LogP contribution in [-0.4, -0.2) is 36.1 Å². The van der Waals surface area contributed by atoms with E-state index in [0.29, 0.717) is 18.8 Å². The monoisotopic (exact) mass is 195 g/mol. The Morgan fingerprint density at radius 3 is 3.07 bits per heavy atom. The summed E-state index contributed by atoms with van der Waals surface area (Å²) in [5, 5.41) is 2.71. The van der Waals surface area contributed by atoms with Crippen molar-refractivity contribution in [3.8, 4) is 0 Å². The molecule has 0 saturated carbocycles. The van der Waals surface area contributed by atoms with Gasteiger partial charge in [0.05, 0.1) is 6.20 Å². The molecule has 1 N–H and O–H groups in total. The summed E-state index contributed by atoms with van der Waals surface area (Å²) in [5.41, 5.74) is 0.338. The third kappa shape index (κ3) is 3.49. The van der Waals surface area contributed by atoms with Crippen LogP contribution in [0.15, 0.2) is 18.6 Å². The van der Waals surface area contributed by atoms with Crippen LogP contribution in [0, 0.1) is 0 Å². The zero-order valence-corrected chi connectivity index (χ0v) is 8.06. The van der Waals surface area contributed by atoms with E-state index in [-0.39, 0.29) is 5.91 Å². The van der Waals surface area contributed by atoms with Crippen molar-refractivity contribution in [3.05, 3.63) is 24.3 Å². The van der Waals surface area contributed by atoms with Gasteiger partial charge in [-0.3, -0.25) is 9.78 Å². The molecule has 0 bridgehead atoms. The Hall–Kier alpha value is -1.49. The molecule has 1 heterocycles. The summed E-state index contributed by atoms with van der Waals surface area (Å²) in [6.45, 7) is 1.23. The fourth-order valence-corrected chi connectivity index (χ4v) is 0.925. The molecular weight excluding hydrogens is 182 g/mol. The highest BCUT2D eigenvalue weighted by atomic mass is 16.5. The molecule has 14 heavy (non-hydrogen) atoms. The second kappa shape index (κ2) is 6.04. The SMILES string of the molecule is COCCCNC(=O)c1cnccn1. The minimum atomic E-state index is -0.200. The minimum absolute atomic E-state index is 0.200. The van der Waals surface area contributed by atoms with Gasteiger partial charge in [-0.1, -0.05) is 0 Å². The van der Waals surface area contributed by atoms with Gasteiger partial charge < -0.3 is 10.1 Å². The molecule has 0 aliphatic carbocycles. The van der Waals surface area contributed by atoms with Crippen LogP contribution in [0.2, 0.25) is 0 Å². The van der Waals surface area contributed by atoms with Gasteiger partial charge in [0.1, 0.15) is 5.69 Å². The molecule has 1 amide bonds. The molecule has 0 aliphatic rings. The van der Waals surface area contributed by atoms with Crippen molar-refractivity contribution in [3.63, 3.8) is 0 Å². The van der Waals surface area contributed by atoms with Gasteiger partial charge in [-0.15, -0.1) is 0 Å². The number of ether oxygens (including phenoxy) is 1. The van der Waals surface area contributed by atoms with Crippen molar-refractivity contribution < 1.29 is 9.53 Å². The highest BCUT2D eigenvalue weighted by molar-refractivity contribution is 5.91. The highest BCUT2D eigenvalue weighted by Gasteiger charge is 2.04. The molecule has 0 radical (unpaired) electrons. The molecule has 0 spiro atoms. The van der Waals surface area contributed by atoms with E-state index >= 15 is 0 Å². The van der Waals surface area contributed by atoms with Crippen LogP contribution >= 0.6 is 0 Å². The molecule has 0 aromatic carbocycles.